The van der Waals surface area contributed by atoms with Crippen LogP contribution in [-0.2, 0) is 6.54 Å². The van der Waals surface area contributed by atoms with E-state index in [9.17, 15) is 0 Å². The van der Waals surface area contributed by atoms with Crippen LogP contribution in [-0.4, -0.2) is 55.3 Å². The zero-order valence-electron chi connectivity index (χ0n) is 13.1. The number of ether oxygens (including phenoxy) is 2. The minimum atomic E-state index is 0.573. The second-order valence-electron chi connectivity index (χ2n) is 5.30. The third-order valence-corrected chi connectivity index (χ3v) is 3.86. The van der Waals surface area contributed by atoms with E-state index < -0.39 is 0 Å². The quantitative estimate of drug-likeness (QED) is 0.768. The fourth-order valence-electron chi connectivity index (χ4n) is 2.69. The maximum Gasteiger partial charge on any atom is 0.224 e. The molecule has 1 aliphatic rings. The predicted octanol–water partition coefficient (Wildman–Crippen LogP) is 1.46. The molecule has 6 heteroatoms. The van der Waals surface area contributed by atoms with Crippen molar-refractivity contribution >= 4 is 0 Å². The molecule has 0 saturated carbocycles. The average Bonchev–Trinajstić information content (AvgIpc) is 2.80. The molecule has 0 aromatic carbocycles. The summed E-state index contributed by atoms with van der Waals surface area (Å²) in [6.07, 6.45) is 6.86. The number of rotatable bonds is 7. The summed E-state index contributed by atoms with van der Waals surface area (Å²) < 4.78 is 10.5. The van der Waals surface area contributed by atoms with Crippen LogP contribution in [0.4, 0.5) is 0 Å². The van der Waals surface area contributed by atoms with Crippen molar-refractivity contribution in [2.24, 2.45) is 0 Å². The fourth-order valence-corrected chi connectivity index (χ4v) is 2.69. The number of methoxy groups -OCH3 is 2. The van der Waals surface area contributed by atoms with Crippen molar-refractivity contribution in [2.45, 2.75) is 32.2 Å². The first-order chi connectivity index (χ1) is 10.3. The highest BCUT2D eigenvalue weighted by Gasteiger charge is 2.13. The molecule has 21 heavy (non-hydrogen) atoms. The third-order valence-electron chi connectivity index (χ3n) is 3.86. The topological polar surface area (TPSA) is 59.5 Å². The van der Waals surface area contributed by atoms with Gasteiger partial charge in [-0.15, -0.1) is 0 Å². The van der Waals surface area contributed by atoms with Crippen LogP contribution >= 0.6 is 0 Å². The van der Waals surface area contributed by atoms with Crippen LogP contribution in [0.25, 0.3) is 0 Å². The normalized spacial score (nSPS) is 16.5. The summed E-state index contributed by atoms with van der Waals surface area (Å²) >= 11 is 0. The van der Waals surface area contributed by atoms with Gasteiger partial charge in [0, 0.05) is 19.6 Å². The molecule has 1 saturated heterocycles. The summed E-state index contributed by atoms with van der Waals surface area (Å²) in [7, 11) is 3.23. The Labute approximate surface area is 126 Å². The summed E-state index contributed by atoms with van der Waals surface area (Å²) in [5, 5.41) is 3.44. The molecule has 0 spiro atoms. The monoisotopic (exact) mass is 294 g/mol. The van der Waals surface area contributed by atoms with Gasteiger partial charge in [-0.05, 0) is 25.9 Å². The average molecular weight is 294 g/mol. The Morgan fingerprint density at radius 3 is 2.24 bits per heavy atom. The standard InChI is InChI=1S/C15H26N4O2/c1-20-14-13(15(21-2)18-12-17-14)11-16-7-10-19-8-5-3-4-6-9-19/h12,16H,3-11H2,1-2H3. The Morgan fingerprint density at radius 2 is 1.67 bits per heavy atom. The van der Waals surface area contributed by atoms with E-state index in [1.807, 2.05) is 0 Å². The highest BCUT2D eigenvalue weighted by Crippen LogP contribution is 2.22. The number of hydrogen-bond donors (Lipinski definition) is 1. The fraction of sp³-hybridized carbons (Fsp3) is 0.733. The van der Waals surface area contributed by atoms with Crippen LogP contribution in [0.1, 0.15) is 31.2 Å². The van der Waals surface area contributed by atoms with E-state index in [4.69, 9.17) is 9.47 Å². The van der Waals surface area contributed by atoms with Gasteiger partial charge in [-0.2, -0.15) is 0 Å². The van der Waals surface area contributed by atoms with Crippen LogP contribution < -0.4 is 14.8 Å². The van der Waals surface area contributed by atoms with Crippen LogP contribution in [0.15, 0.2) is 6.33 Å². The van der Waals surface area contributed by atoms with E-state index in [-0.39, 0.29) is 0 Å². The minimum Gasteiger partial charge on any atom is -0.481 e. The number of nitrogens with one attached hydrogen (secondary N) is 1. The molecule has 118 valence electrons. The van der Waals surface area contributed by atoms with Crippen molar-refractivity contribution in [2.75, 3.05) is 40.4 Å². The van der Waals surface area contributed by atoms with Gasteiger partial charge in [0.05, 0.1) is 19.8 Å². The molecule has 1 aliphatic heterocycles. The summed E-state index contributed by atoms with van der Waals surface area (Å²) in [5.41, 5.74) is 0.873. The molecule has 2 rings (SSSR count). The number of likely N-dealkylation sites (tertiary alicyclic amines) is 1. The van der Waals surface area contributed by atoms with Gasteiger partial charge in [0.25, 0.3) is 0 Å². The van der Waals surface area contributed by atoms with Gasteiger partial charge >= 0.3 is 0 Å². The predicted molar refractivity (Wildman–Crippen MR) is 81.8 cm³/mol. The van der Waals surface area contributed by atoms with Gasteiger partial charge in [-0.1, -0.05) is 12.8 Å². The van der Waals surface area contributed by atoms with Crippen molar-refractivity contribution in [1.82, 2.24) is 20.2 Å². The first kappa shape index (κ1) is 16.0. The molecule has 6 nitrogen and oxygen atoms in total. The molecule has 1 aromatic heterocycles. The molecule has 0 amide bonds. The molecule has 0 aliphatic carbocycles. The molecule has 0 atom stereocenters. The first-order valence-corrected chi connectivity index (χ1v) is 7.70. The van der Waals surface area contributed by atoms with E-state index in [1.165, 1.54) is 45.1 Å². The third kappa shape index (κ3) is 4.82. The van der Waals surface area contributed by atoms with E-state index in [1.54, 1.807) is 14.2 Å². The first-order valence-electron chi connectivity index (χ1n) is 7.70. The lowest BCUT2D eigenvalue weighted by molar-refractivity contribution is 0.283. The van der Waals surface area contributed by atoms with Crippen LogP contribution in [0.3, 0.4) is 0 Å². The lowest BCUT2D eigenvalue weighted by atomic mass is 10.2. The van der Waals surface area contributed by atoms with Gasteiger partial charge < -0.3 is 19.7 Å². The smallest absolute Gasteiger partial charge is 0.224 e. The van der Waals surface area contributed by atoms with Gasteiger partial charge in [-0.25, -0.2) is 9.97 Å². The molecular formula is C15H26N4O2. The highest BCUT2D eigenvalue weighted by atomic mass is 16.5. The Bertz CT molecular complexity index is 398. The van der Waals surface area contributed by atoms with E-state index in [0.717, 1.165) is 18.7 Å². The van der Waals surface area contributed by atoms with Crippen LogP contribution in [0.5, 0.6) is 11.8 Å². The van der Waals surface area contributed by atoms with Gasteiger partial charge in [0.15, 0.2) is 0 Å². The Morgan fingerprint density at radius 1 is 1.05 bits per heavy atom. The van der Waals surface area contributed by atoms with Crippen molar-refractivity contribution in [1.29, 1.82) is 0 Å². The Balaban J connectivity index is 1.80. The molecule has 2 heterocycles. The van der Waals surface area contributed by atoms with Crippen molar-refractivity contribution < 1.29 is 9.47 Å². The number of nitrogens with zero attached hydrogens (tertiary/aromatic N) is 3. The number of aromatic nitrogens is 2. The molecular weight excluding hydrogens is 268 g/mol. The summed E-state index contributed by atoms with van der Waals surface area (Å²) in [6.45, 7) is 5.13. The maximum absolute atomic E-state index is 5.27. The van der Waals surface area contributed by atoms with Crippen molar-refractivity contribution in [3.05, 3.63) is 11.9 Å². The van der Waals surface area contributed by atoms with Gasteiger partial charge in [0.1, 0.15) is 6.33 Å². The highest BCUT2D eigenvalue weighted by molar-refractivity contribution is 5.34. The largest absolute Gasteiger partial charge is 0.481 e. The molecule has 0 radical (unpaired) electrons. The molecule has 1 aromatic rings. The molecule has 1 N–H and O–H groups in total. The number of hydrogen-bond acceptors (Lipinski definition) is 6. The van der Waals surface area contributed by atoms with E-state index >= 15 is 0 Å². The van der Waals surface area contributed by atoms with Gasteiger partial charge in [0.2, 0.25) is 11.8 Å². The molecule has 0 bridgehead atoms. The van der Waals surface area contributed by atoms with E-state index in [2.05, 4.69) is 20.2 Å². The minimum absolute atomic E-state index is 0.573. The summed E-state index contributed by atoms with van der Waals surface area (Å²) in [6, 6.07) is 0. The lowest BCUT2D eigenvalue weighted by Crippen LogP contribution is -2.32. The van der Waals surface area contributed by atoms with Crippen molar-refractivity contribution in [3.8, 4) is 11.8 Å². The SMILES string of the molecule is COc1ncnc(OC)c1CNCCN1CCCCCC1. The maximum atomic E-state index is 5.27. The Hall–Kier alpha value is -1.40. The molecule has 1 fully saturated rings. The summed E-state index contributed by atoms with van der Waals surface area (Å²) in [4.78, 5) is 10.8. The zero-order valence-corrected chi connectivity index (χ0v) is 13.1. The van der Waals surface area contributed by atoms with Crippen LogP contribution in [0, 0.1) is 0 Å². The second kappa shape index (κ2) is 8.79. The van der Waals surface area contributed by atoms with Crippen molar-refractivity contribution in [3.63, 3.8) is 0 Å². The Kier molecular flexibility index (Phi) is 6.69. The summed E-state index contributed by atoms with van der Waals surface area (Å²) in [5.74, 6) is 1.15. The van der Waals surface area contributed by atoms with Gasteiger partial charge in [-0.3, -0.25) is 0 Å². The van der Waals surface area contributed by atoms with E-state index in [0.29, 0.717) is 18.3 Å². The lowest BCUT2D eigenvalue weighted by Gasteiger charge is -2.20. The molecule has 0 unspecified atom stereocenters. The second-order valence-corrected chi connectivity index (χ2v) is 5.30. The van der Waals surface area contributed by atoms with Crippen LogP contribution in [0.2, 0.25) is 0 Å². The zero-order chi connectivity index (χ0) is 14.9.